The van der Waals surface area contributed by atoms with Crippen molar-refractivity contribution in [3.63, 3.8) is 0 Å². The fraction of sp³-hybridized carbons (Fsp3) is 0. The van der Waals surface area contributed by atoms with E-state index < -0.39 is 0 Å². The normalized spacial score (nSPS) is 12.2. The Kier molecular flexibility index (Phi) is 4.12. The summed E-state index contributed by atoms with van der Waals surface area (Å²) in [4.78, 5) is 2.63. The van der Waals surface area contributed by atoms with E-state index in [1.165, 1.54) is 73.8 Å². The maximum absolute atomic E-state index is 2.50. The summed E-state index contributed by atoms with van der Waals surface area (Å²) in [5.41, 5.74) is 4.84. The first-order valence-electron chi connectivity index (χ1n) is 12.8. The minimum atomic E-state index is 1.18. The Morgan fingerprint density at radius 1 is 0.395 bits per heavy atom. The lowest BCUT2D eigenvalue weighted by molar-refractivity contribution is 1.14. The van der Waals surface area contributed by atoms with Crippen LogP contribution in [0.15, 0.2) is 121 Å². The zero-order valence-electron chi connectivity index (χ0n) is 20.3. The minimum Gasteiger partial charge on any atom is -0.309 e. The molecule has 5 aromatic carbocycles. The number of hydrogen-bond acceptors (Lipinski definition) is 2. The molecule has 4 aromatic heterocycles. The molecule has 0 radical (unpaired) electrons. The van der Waals surface area contributed by atoms with Crippen LogP contribution in [0.5, 0.6) is 0 Å². The number of fused-ring (bicyclic) bond motifs is 10. The Morgan fingerprint density at radius 3 is 1.39 bits per heavy atom. The molecule has 0 aliphatic heterocycles. The van der Waals surface area contributed by atoms with Crippen LogP contribution >= 0.6 is 22.7 Å². The number of benzene rings is 5. The number of para-hydroxylation sites is 2. The standard InChI is InChI=1S/C34H20N2S2/c1-5-16-27-23(12-1)24-13-2-6-17-28(24)35(27)21-10-9-11-22(20-21)36-33-31(25-14-3-7-18-29(25)37-33)32-26-15-4-8-19-30(26)38-34(32)36/h1-20H. The van der Waals surface area contributed by atoms with Crippen LogP contribution < -0.4 is 0 Å². The third kappa shape index (κ3) is 2.66. The van der Waals surface area contributed by atoms with Gasteiger partial charge >= 0.3 is 0 Å². The molecule has 38 heavy (non-hydrogen) atoms. The van der Waals surface area contributed by atoms with Gasteiger partial charge in [-0.05, 0) is 42.5 Å². The monoisotopic (exact) mass is 520 g/mol. The molecule has 0 amide bonds. The lowest BCUT2D eigenvalue weighted by atomic mass is 10.1. The molecule has 0 saturated carbocycles. The fourth-order valence-electron chi connectivity index (χ4n) is 6.16. The molecule has 0 unspecified atom stereocenters. The number of thiophene rings is 2. The van der Waals surface area contributed by atoms with E-state index in [1.807, 2.05) is 22.7 Å². The van der Waals surface area contributed by atoms with Gasteiger partial charge in [0.25, 0.3) is 0 Å². The van der Waals surface area contributed by atoms with Crippen LogP contribution in [0.4, 0.5) is 0 Å². The minimum absolute atomic E-state index is 1.18. The van der Waals surface area contributed by atoms with Gasteiger partial charge in [0, 0.05) is 53.1 Å². The maximum atomic E-state index is 2.50. The summed E-state index contributed by atoms with van der Waals surface area (Å²) in [5, 5.41) is 8.01. The average molecular weight is 521 g/mol. The summed E-state index contributed by atoms with van der Waals surface area (Å²) in [6.45, 7) is 0. The zero-order chi connectivity index (χ0) is 24.8. The van der Waals surface area contributed by atoms with Gasteiger partial charge in [-0.3, -0.25) is 4.57 Å². The molecule has 9 aromatic rings. The molecule has 0 N–H and O–H groups in total. The number of hydrogen-bond donors (Lipinski definition) is 0. The number of rotatable bonds is 2. The lowest BCUT2D eigenvalue weighted by Gasteiger charge is -2.11. The highest BCUT2D eigenvalue weighted by molar-refractivity contribution is 7.28. The van der Waals surface area contributed by atoms with Crippen LogP contribution in [0.2, 0.25) is 0 Å². The first kappa shape index (κ1) is 20.7. The molecule has 9 rings (SSSR count). The van der Waals surface area contributed by atoms with Crippen molar-refractivity contribution in [2.75, 3.05) is 0 Å². The Balaban J connectivity index is 1.40. The van der Waals surface area contributed by atoms with Gasteiger partial charge in [0.15, 0.2) is 0 Å². The van der Waals surface area contributed by atoms with E-state index in [4.69, 9.17) is 0 Å². The fourth-order valence-corrected chi connectivity index (χ4v) is 8.69. The van der Waals surface area contributed by atoms with Crippen molar-refractivity contribution in [2.24, 2.45) is 0 Å². The zero-order valence-corrected chi connectivity index (χ0v) is 21.9. The summed E-state index contributed by atoms with van der Waals surface area (Å²) in [7, 11) is 0. The third-order valence-corrected chi connectivity index (χ3v) is 10.0. The topological polar surface area (TPSA) is 9.86 Å². The Labute approximate surface area is 226 Å². The van der Waals surface area contributed by atoms with Crippen LogP contribution in [0, 0.1) is 0 Å². The lowest BCUT2D eigenvalue weighted by Crippen LogP contribution is -1.97. The molecule has 0 fully saturated rings. The van der Waals surface area contributed by atoms with E-state index >= 15 is 0 Å². The largest absolute Gasteiger partial charge is 0.309 e. The van der Waals surface area contributed by atoms with Gasteiger partial charge in [0.2, 0.25) is 0 Å². The number of aromatic nitrogens is 2. The second-order valence-electron chi connectivity index (χ2n) is 9.78. The van der Waals surface area contributed by atoms with E-state index in [9.17, 15) is 0 Å². The van der Waals surface area contributed by atoms with Gasteiger partial charge in [-0.25, -0.2) is 0 Å². The van der Waals surface area contributed by atoms with Crippen molar-refractivity contribution in [3.05, 3.63) is 121 Å². The van der Waals surface area contributed by atoms with Crippen molar-refractivity contribution in [2.45, 2.75) is 0 Å². The Bertz CT molecular complexity index is 2220. The van der Waals surface area contributed by atoms with E-state index in [-0.39, 0.29) is 0 Å². The van der Waals surface area contributed by atoms with Gasteiger partial charge < -0.3 is 4.57 Å². The molecule has 0 spiro atoms. The molecule has 2 nitrogen and oxygen atoms in total. The SMILES string of the molecule is c1cc(-n2c3ccccc3c3ccccc32)cc(-n2c3sc4ccccc4c3c3c4ccccc4sc32)c1. The molecule has 0 bridgehead atoms. The van der Waals surface area contributed by atoms with E-state index in [2.05, 4.69) is 130 Å². The van der Waals surface area contributed by atoms with Crippen LogP contribution in [-0.2, 0) is 0 Å². The van der Waals surface area contributed by atoms with Crippen LogP contribution in [0.3, 0.4) is 0 Å². The van der Waals surface area contributed by atoms with Crippen molar-refractivity contribution in [1.29, 1.82) is 0 Å². The van der Waals surface area contributed by atoms with E-state index in [1.54, 1.807) is 0 Å². The van der Waals surface area contributed by atoms with Crippen molar-refractivity contribution in [3.8, 4) is 11.4 Å². The summed E-state index contributed by atoms with van der Waals surface area (Å²) >= 11 is 3.79. The van der Waals surface area contributed by atoms with E-state index in [0.29, 0.717) is 0 Å². The molecule has 178 valence electrons. The van der Waals surface area contributed by atoms with Crippen LogP contribution in [0.25, 0.3) is 73.8 Å². The summed E-state index contributed by atoms with van der Waals surface area (Å²) in [6.07, 6.45) is 0. The van der Waals surface area contributed by atoms with Crippen molar-refractivity contribution in [1.82, 2.24) is 9.13 Å². The Hall–Kier alpha value is -4.38. The summed E-state index contributed by atoms with van der Waals surface area (Å²) in [5.74, 6) is 0. The first-order chi connectivity index (χ1) is 18.9. The Morgan fingerprint density at radius 2 is 0.842 bits per heavy atom. The van der Waals surface area contributed by atoms with Crippen LogP contribution in [-0.4, -0.2) is 9.13 Å². The highest BCUT2D eigenvalue weighted by Crippen LogP contribution is 2.48. The smallest absolute Gasteiger partial charge is 0.110 e. The predicted molar refractivity (Wildman–Crippen MR) is 166 cm³/mol. The third-order valence-electron chi connectivity index (χ3n) is 7.74. The van der Waals surface area contributed by atoms with Crippen molar-refractivity contribution >= 4 is 85.1 Å². The average Bonchev–Trinajstić information content (AvgIpc) is 3.69. The molecular formula is C34H20N2S2. The molecule has 0 saturated heterocycles. The summed E-state index contributed by atoms with van der Waals surface area (Å²) in [6, 6.07) is 44.2. The summed E-state index contributed by atoms with van der Waals surface area (Å²) < 4.78 is 7.57. The number of nitrogens with zero attached hydrogens (tertiary/aromatic N) is 2. The van der Waals surface area contributed by atoms with Gasteiger partial charge in [0.05, 0.1) is 11.0 Å². The molecule has 4 heteroatoms. The highest BCUT2D eigenvalue weighted by Gasteiger charge is 2.22. The molecule has 0 atom stereocenters. The second kappa shape index (κ2) is 7.57. The van der Waals surface area contributed by atoms with Gasteiger partial charge in [0.1, 0.15) is 9.66 Å². The van der Waals surface area contributed by atoms with Gasteiger partial charge in [-0.2, -0.15) is 0 Å². The first-order valence-corrected chi connectivity index (χ1v) is 14.4. The molecule has 0 aliphatic rings. The molecule has 0 aliphatic carbocycles. The highest BCUT2D eigenvalue weighted by atomic mass is 32.1. The quantitative estimate of drug-likeness (QED) is 0.215. The maximum Gasteiger partial charge on any atom is 0.110 e. The van der Waals surface area contributed by atoms with Gasteiger partial charge in [-0.15, -0.1) is 22.7 Å². The van der Waals surface area contributed by atoms with Crippen molar-refractivity contribution < 1.29 is 0 Å². The molecular weight excluding hydrogens is 501 g/mol. The molecule has 4 heterocycles. The predicted octanol–water partition coefficient (Wildman–Crippen LogP) is 10.3. The second-order valence-corrected chi connectivity index (χ2v) is 11.8. The van der Waals surface area contributed by atoms with Crippen LogP contribution in [0.1, 0.15) is 0 Å². The van der Waals surface area contributed by atoms with Gasteiger partial charge in [-0.1, -0.05) is 78.9 Å². The van der Waals surface area contributed by atoms with E-state index in [0.717, 1.165) is 0 Å².